The van der Waals surface area contributed by atoms with Gasteiger partial charge in [0.25, 0.3) is 0 Å². The molecule has 0 saturated heterocycles. The van der Waals surface area contributed by atoms with Crippen LogP contribution in [0.1, 0.15) is 29.0 Å². The van der Waals surface area contributed by atoms with Crippen LogP contribution < -0.4 is 5.32 Å². The van der Waals surface area contributed by atoms with Crippen LogP contribution in [-0.2, 0) is 11.3 Å². The van der Waals surface area contributed by atoms with Gasteiger partial charge in [0.15, 0.2) is 0 Å². The van der Waals surface area contributed by atoms with E-state index in [1.807, 2.05) is 0 Å². The van der Waals surface area contributed by atoms with Crippen LogP contribution in [0, 0.1) is 6.92 Å². The minimum Gasteiger partial charge on any atom is -0.385 e. The molecule has 15 heavy (non-hydrogen) atoms. The lowest BCUT2D eigenvalue weighted by molar-refractivity contribution is 0.186. The van der Waals surface area contributed by atoms with Gasteiger partial charge in [-0.2, -0.15) is 0 Å². The first-order chi connectivity index (χ1) is 7.33. The van der Waals surface area contributed by atoms with Gasteiger partial charge >= 0.3 is 0 Å². The van der Waals surface area contributed by atoms with Gasteiger partial charge in [0.2, 0.25) is 0 Å². The standard InChI is InChI=1S/C13H19NO/c1-10-4-3-5-12-11(6-7-15-2)8-14-9-13(10)12/h3-5,11,14H,6-9H2,1-2H3. The second kappa shape index (κ2) is 4.77. The molecule has 2 heteroatoms. The number of aryl methyl sites for hydroxylation is 1. The molecule has 1 heterocycles. The molecule has 2 rings (SSSR count). The number of ether oxygens (including phenoxy) is 1. The Labute approximate surface area is 91.6 Å². The maximum absolute atomic E-state index is 5.16. The fourth-order valence-electron chi connectivity index (χ4n) is 2.35. The summed E-state index contributed by atoms with van der Waals surface area (Å²) in [5.41, 5.74) is 4.41. The summed E-state index contributed by atoms with van der Waals surface area (Å²) in [6.07, 6.45) is 1.11. The van der Waals surface area contributed by atoms with Gasteiger partial charge < -0.3 is 10.1 Å². The summed E-state index contributed by atoms with van der Waals surface area (Å²) in [6.45, 7) is 5.14. The van der Waals surface area contributed by atoms with E-state index in [1.54, 1.807) is 7.11 Å². The van der Waals surface area contributed by atoms with Crippen LogP contribution in [0.15, 0.2) is 18.2 Å². The zero-order valence-corrected chi connectivity index (χ0v) is 9.55. The van der Waals surface area contributed by atoms with Gasteiger partial charge in [-0.05, 0) is 36.0 Å². The average Bonchev–Trinajstić information content (AvgIpc) is 2.27. The first kappa shape index (κ1) is 10.7. The zero-order chi connectivity index (χ0) is 10.7. The first-order valence-corrected chi connectivity index (χ1v) is 5.61. The molecule has 1 aliphatic heterocycles. The van der Waals surface area contributed by atoms with Crippen LogP contribution in [0.5, 0.6) is 0 Å². The van der Waals surface area contributed by atoms with Crippen LogP contribution in [-0.4, -0.2) is 20.3 Å². The number of nitrogens with one attached hydrogen (secondary N) is 1. The summed E-state index contributed by atoms with van der Waals surface area (Å²) in [6, 6.07) is 6.63. The van der Waals surface area contributed by atoms with Crippen molar-refractivity contribution in [3.63, 3.8) is 0 Å². The molecule has 82 valence electrons. The second-order valence-electron chi connectivity index (χ2n) is 4.25. The Kier molecular flexibility index (Phi) is 3.39. The Morgan fingerprint density at radius 3 is 3.13 bits per heavy atom. The van der Waals surface area contributed by atoms with E-state index in [1.165, 1.54) is 16.7 Å². The van der Waals surface area contributed by atoms with E-state index >= 15 is 0 Å². The highest BCUT2D eigenvalue weighted by Crippen LogP contribution is 2.28. The predicted molar refractivity (Wildman–Crippen MR) is 62.1 cm³/mol. The second-order valence-corrected chi connectivity index (χ2v) is 4.25. The number of hydrogen-bond acceptors (Lipinski definition) is 2. The number of fused-ring (bicyclic) bond motifs is 1. The van der Waals surface area contributed by atoms with Crippen LogP contribution in [0.2, 0.25) is 0 Å². The molecule has 1 aromatic carbocycles. The highest BCUT2D eigenvalue weighted by molar-refractivity contribution is 5.38. The largest absolute Gasteiger partial charge is 0.385 e. The summed E-state index contributed by atoms with van der Waals surface area (Å²) >= 11 is 0. The molecule has 2 nitrogen and oxygen atoms in total. The molecule has 1 unspecified atom stereocenters. The lowest BCUT2D eigenvalue weighted by atomic mass is 9.87. The monoisotopic (exact) mass is 205 g/mol. The fourth-order valence-corrected chi connectivity index (χ4v) is 2.35. The highest BCUT2D eigenvalue weighted by Gasteiger charge is 2.20. The molecular weight excluding hydrogens is 186 g/mol. The highest BCUT2D eigenvalue weighted by atomic mass is 16.5. The van der Waals surface area contributed by atoms with Gasteiger partial charge in [-0.15, -0.1) is 0 Å². The normalized spacial score (nSPS) is 20.0. The van der Waals surface area contributed by atoms with Gasteiger partial charge in [-0.3, -0.25) is 0 Å². The molecule has 1 atom stereocenters. The molecule has 0 aromatic heterocycles. The molecule has 1 aliphatic rings. The third-order valence-electron chi connectivity index (χ3n) is 3.25. The van der Waals surface area contributed by atoms with Gasteiger partial charge in [-0.1, -0.05) is 18.2 Å². The summed E-state index contributed by atoms with van der Waals surface area (Å²) in [5.74, 6) is 0.619. The van der Waals surface area contributed by atoms with Crippen molar-refractivity contribution in [1.29, 1.82) is 0 Å². The number of hydrogen-bond donors (Lipinski definition) is 1. The molecule has 1 N–H and O–H groups in total. The Morgan fingerprint density at radius 2 is 2.33 bits per heavy atom. The van der Waals surface area contributed by atoms with E-state index in [2.05, 4.69) is 30.4 Å². The third kappa shape index (κ3) is 2.21. The Morgan fingerprint density at radius 1 is 1.47 bits per heavy atom. The summed E-state index contributed by atoms with van der Waals surface area (Å²) in [4.78, 5) is 0. The minimum absolute atomic E-state index is 0.619. The van der Waals surface area contributed by atoms with E-state index in [-0.39, 0.29) is 0 Å². The molecule has 0 fully saturated rings. The number of methoxy groups -OCH3 is 1. The molecule has 0 saturated carbocycles. The zero-order valence-electron chi connectivity index (χ0n) is 9.55. The minimum atomic E-state index is 0.619. The third-order valence-corrected chi connectivity index (χ3v) is 3.25. The quantitative estimate of drug-likeness (QED) is 0.817. The van der Waals surface area contributed by atoms with Crippen molar-refractivity contribution in [1.82, 2.24) is 5.32 Å². The number of benzene rings is 1. The maximum Gasteiger partial charge on any atom is 0.0468 e. The van der Waals surface area contributed by atoms with Crippen LogP contribution >= 0.6 is 0 Å². The SMILES string of the molecule is COCCC1CNCc2c(C)cccc21. The topological polar surface area (TPSA) is 21.3 Å². The number of rotatable bonds is 3. The van der Waals surface area contributed by atoms with Crippen molar-refractivity contribution in [2.24, 2.45) is 0 Å². The smallest absolute Gasteiger partial charge is 0.0468 e. The van der Waals surface area contributed by atoms with Gasteiger partial charge in [0, 0.05) is 26.8 Å². The van der Waals surface area contributed by atoms with Crippen molar-refractivity contribution in [2.75, 3.05) is 20.3 Å². The molecule has 0 aliphatic carbocycles. The molecule has 0 bridgehead atoms. The van der Waals surface area contributed by atoms with Crippen molar-refractivity contribution in [3.05, 3.63) is 34.9 Å². The molecule has 0 spiro atoms. The maximum atomic E-state index is 5.16. The Hall–Kier alpha value is -0.860. The Balaban J connectivity index is 2.22. The van der Waals surface area contributed by atoms with Crippen LogP contribution in [0.4, 0.5) is 0 Å². The Bertz CT molecular complexity index is 335. The molecule has 0 radical (unpaired) electrons. The summed E-state index contributed by atoms with van der Waals surface area (Å²) < 4.78 is 5.16. The van der Waals surface area contributed by atoms with E-state index < -0.39 is 0 Å². The molecule has 0 amide bonds. The molecular formula is C13H19NO. The van der Waals surface area contributed by atoms with Crippen molar-refractivity contribution < 1.29 is 4.74 Å². The first-order valence-electron chi connectivity index (χ1n) is 5.61. The summed E-state index contributed by atoms with van der Waals surface area (Å²) in [5, 5.41) is 3.49. The van der Waals surface area contributed by atoms with Gasteiger partial charge in [-0.25, -0.2) is 0 Å². The van der Waals surface area contributed by atoms with E-state index in [0.29, 0.717) is 5.92 Å². The molecule has 1 aromatic rings. The lowest BCUT2D eigenvalue weighted by Gasteiger charge is -2.27. The summed E-state index contributed by atoms with van der Waals surface area (Å²) in [7, 11) is 1.77. The van der Waals surface area contributed by atoms with E-state index in [9.17, 15) is 0 Å². The average molecular weight is 205 g/mol. The van der Waals surface area contributed by atoms with Gasteiger partial charge in [0.05, 0.1) is 0 Å². The van der Waals surface area contributed by atoms with Crippen molar-refractivity contribution >= 4 is 0 Å². The van der Waals surface area contributed by atoms with Crippen LogP contribution in [0.3, 0.4) is 0 Å². The lowest BCUT2D eigenvalue weighted by Crippen LogP contribution is -2.29. The van der Waals surface area contributed by atoms with E-state index in [4.69, 9.17) is 4.74 Å². The van der Waals surface area contributed by atoms with Gasteiger partial charge in [0.1, 0.15) is 0 Å². The van der Waals surface area contributed by atoms with Crippen LogP contribution in [0.25, 0.3) is 0 Å². The van der Waals surface area contributed by atoms with Crippen molar-refractivity contribution in [3.8, 4) is 0 Å². The fraction of sp³-hybridized carbons (Fsp3) is 0.538. The van der Waals surface area contributed by atoms with Crippen molar-refractivity contribution in [2.45, 2.75) is 25.8 Å². The van der Waals surface area contributed by atoms with E-state index in [0.717, 1.165) is 26.1 Å². The predicted octanol–water partition coefficient (Wildman–Crippen LogP) is 2.22.